The molecule has 1 N–H and O–H groups in total. The minimum absolute atomic E-state index is 0.0748. The molecule has 0 spiro atoms. The number of aromatic nitrogens is 1. The van der Waals surface area contributed by atoms with E-state index in [0.717, 1.165) is 33.4 Å². The largest absolute Gasteiger partial charge is 0.464 e. The van der Waals surface area contributed by atoms with Gasteiger partial charge in [-0.2, -0.15) is 0 Å². The maximum Gasteiger partial charge on any atom is 0.248 e. The SMILES string of the molecule is Cc1cc2c(C)cc(=O)[nH]c2cc1-c1ccco1. The average Bonchev–Trinajstić information content (AvgIpc) is 2.83. The quantitative estimate of drug-likeness (QED) is 0.707. The molecule has 3 nitrogen and oxygen atoms in total. The van der Waals surface area contributed by atoms with Gasteiger partial charge in [-0.25, -0.2) is 0 Å². The maximum atomic E-state index is 11.5. The van der Waals surface area contributed by atoms with Crippen molar-refractivity contribution in [3.8, 4) is 11.3 Å². The zero-order valence-corrected chi connectivity index (χ0v) is 10.3. The molecule has 0 aliphatic carbocycles. The van der Waals surface area contributed by atoms with Gasteiger partial charge in [0.2, 0.25) is 5.56 Å². The Morgan fingerprint density at radius 2 is 1.94 bits per heavy atom. The third kappa shape index (κ3) is 1.64. The fourth-order valence-electron chi connectivity index (χ4n) is 2.28. The summed E-state index contributed by atoms with van der Waals surface area (Å²) in [4.78, 5) is 14.4. The van der Waals surface area contributed by atoms with Gasteiger partial charge in [0.1, 0.15) is 5.76 Å². The Morgan fingerprint density at radius 1 is 1.11 bits per heavy atom. The summed E-state index contributed by atoms with van der Waals surface area (Å²) in [6.45, 7) is 3.99. The van der Waals surface area contributed by atoms with Crippen LogP contribution >= 0.6 is 0 Å². The number of benzene rings is 1. The highest BCUT2D eigenvalue weighted by atomic mass is 16.3. The fourth-order valence-corrected chi connectivity index (χ4v) is 2.28. The summed E-state index contributed by atoms with van der Waals surface area (Å²) in [6, 6.07) is 9.45. The second kappa shape index (κ2) is 3.88. The predicted octanol–water partition coefficient (Wildman–Crippen LogP) is 3.40. The van der Waals surface area contributed by atoms with Crippen molar-refractivity contribution >= 4 is 10.9 Å². The first-order chi connectivity index (χ1) is 8.65. The van der Waals surface area contributed by atoms with E-state index in [0.29, 0.717) is 0 Å². The molecule has 0 aliphatic rings. The molecule has 18 heavy (non-hydrogen) atoms. The number of pyridine rings is 1. The molecular formula is C15H13NO2. The fraction of sp³-hybridized carbons (Fsp3) is 0.133. The van der Waals surface area contributed by atoms with E-state index in [4.69, 9.17) is 4.42 Å². The molecular weight excluding hydrogens is 226 g/mol. The molecule has 3 rings (SSSR count). The van der Waals surface area contributed by atoms with Crippen LogP contribution in [-0.2, 0) is 0 Å². The van der Waals surface area contributed by atoms with Crippen molar-refractivity contribution in [1.29, 1.82) is 0 Å². The Balaban J connectivity index is 2.37. The lowest BCUT2D eigenvalue weighted by molar-refractivity contribution is 0.582. The van der Waals surface area contributed by atoms with Crippen molar-refractivity contribution in [3.63, 3.8) is 0 Å². The Morgan fingerprint density at radius 3 is 2.67 bits per heavy atom. The lowest BCUT2D eigenvalue weighted by atomic mass is 10.0. The van der Waals surface area contributed by atoms with Gasteiger partial charge in [0.25, 0.3) is 0 Å². The third-order valence-corrected chi connectivity index (χ3v) is 3.18. The molecule has 3 heteroatoms. The number of fused-ring (bicyclic) bond motifs is 1. The molecule has 2 aromatic heterocycles. The number of hydrogen-bond acceptors (Lipinski definition) is 2. The highest BCUT2D eigenvalue weighted by Gasteiger charge is 2.08. The zero-order valence-electron chi connectivity index (χ0n) is 10.3. The number of rotatable bonds is 1. The van der Waals surface area contributed by atoms with Gasteiger partial charge in [0.05, 0.1) is 6.26 Å². The summed E-state index contributed by atoms with van der Waals surface area (Å²) in [7, 11) is 0. The van der Waals surface area contributed by atoms with Crippen LogP contribution in [0.3, 0.4) is 0 Å². The van der Waals surface area contributed by atoms with Crippen LogP contribution in [0.4, 0.5) is 0 Å². The second-order valence-corrected chi connectivity index (χ2v) is 4.51. The predicted molar refractivity (Wildman–Crippen MR) is 71.7 cm³/mol. The van der Waals surface area contributed by atoms with E-state index in [1.165, 1.54) is 0 Å². The number of nitrogens with one attached hydrogen (secondary N) is 1. The van der Waals surface area contributed by atoms with Gasteiger partial charge < -0.3 is 9.40 Å². The standard InChI is InChI=1S/C15H13NO2/c1-9-6-11-10(2)7-15(17)16-13(11)8-12(9)14-4-3-5-18-14/h3-8H,1-2H3,(H,16,17). The molecule has 2 heterocycles. The maximum absolute atomic E-state index is 11.5. The molecule has 0 aliphatic heterocycles. The van der Waals surface area contributed by atoms with Gasteiger partial charge in [-0.05, 0) is 49.2 Å². The van der Waals surface area contributed by atoms with Crippen LogP contribution in [0.15, 0.2) is 45.8 Å². The molecule has 0 bridgehead atoms. The van der Waals surface area contributed by atoms with Crippen molar-refractivity contribution in [2.45, 2.75) is 13.8 Å². The first kappa shape index (κ1) is 10.8. The number of aromatic amines is 1. The van der Waals surface area contributed by atoms with Gasteiger partial charge in [0, 0.05) is 22.5 Å². The Hall–Kier alpha value is -2.29. The number of furan rings is 1. The summed E-state index contributed by atoms with van der Waals surface area (Å²) >= 11 is 0. The van der Waals surface area contributed by atoms with E-state index in [2.05, 4.69) is 11.1 Å². The molecule has 0 unspecified atom stereocenters. The van der Waals surface area contributed by atoms with Crippen molar-refractivity contribution in [2.24, 2.45) is 0 Å². The van der Waals surface area contributed by atoms with Crippen LogP contribution in [0.2, 0.25) is 0 Å². The first-order valence-corrected chi connectivity index (χ1v) is 5.83. The lowest BCUT2D eigenvalue weighted by Crippen LogP contribution is -2.05. The molecule has 3 aromatic rings. The Labute approximate surface area is 104 Å². The Bertz CT molecular complexity index is 767. The summed E-state index contributed by atoms with van der Waals surface area (Å²) < 4.78 is 5.42. The molecule has 1 aromatic carbocycles. The zero-order chi connectivity index (χ0) is 12.7. The summed E-state index contributed by atoms with van der Waals surface area (Å²) in [5.41, 5.74) is 3.90. The van der Waals surface area contributed by atoms with E-state index in [9.17, 15) is 4.79 Å². The van der Waals surface area contributed by atoms with Crippen molar-refractivity contribution in [1.82, 2.24) is 4.98 Å². The molecule has 0 saturated carbocycles. The average molecular weight is 239 g/mol. The molecule has 0 amide bonds. The van der Waals surface area contributed by atoms with Gasteiger partial charge in [0.15, 0.2) is 0 Å². The molecule has 0 saturated heterocycles. The topological polar surface area (TPSA) is 46.0 Å². The van der Waals surface area contributed by atoms with Crippen LogP contribution in [0.25, 0.3) is 22.2 Å². The van der Waals surface area contributed by atoms with E-state index >= 15 is 0 Å². The molecule has 90 valence electrons. The van der Waals surface area contributed by atoms with E-state index in [1.54, 1.807) is 12.3 Å². The monoisotopic (exact) mass is 239 g/mol. The minimum atomic E-state index is -0.0748. The molecule has 0 atom stereocenters. The van der Waals surface area contributed by atoms with Crippen LogP contribution in [0.5, 0.6) is 0 Å². The summed E-state index contributed by atoms with van der Waals surface area (Å²) in [5.74, 6) is 0.816. The second-order valence-electron chi connectivity index (χ2n) is 4.51. The van der Waals surface area contributed by atoms with E-state index < -0.39 is 0 Å². The lowest BCUT2D eigenvalue weighted by Gasteiger charge is -2.07. The van der Waals surface area contributed by atoms with Gasteiger partial charge >= 0.3 is 0 Å². The molecule has 0 fully saturated rings. The number of H-pyrrole nitrogens is 1. The summed E-state index contributed by atoms with van der Waals surface area (Å²) in [6.07, 6.45) is 1.65. The van der Waals surface area contributed by atoms with Crippen LogP contribution in [-0.4, -0.2) is 4.98 Å². The van der Waals surface area contributed by atoms with Crippen molar-refractivity contribution in [2.75, 3.05) is 0 Å². The van der Waals surface area contributed by atoms with Crippen LogP contribution in [0.1, 0.15) is 11.1 Å². The van der Waals surface area contributed by atoms with Crippen LogP contribution in [0, 0.1) is 13.8 Å². The van der Waals surface area contributed by atoms with Crippen molar-refractivity contribution < 1.29 is 4.42 Å². The smallest absolute Gasteiger partial charge is 0.248 e. The highest BCUT2D eigenvalue weighted by Crippen LogP contribution is 2.28. The van der Waals surface area contributed by atoms with Crippen LogP contribution < -0.4 is 5.56 Å². The highest BCUT2D eigenvalue weighted by molar-refractivity contribution is 5.87. The van der Waals surface area contributed by atoms with Gasteiger partial charge in [-0.15, -0.1) is 0 Å². The van der Waals surface area contributed by atoms with Crippen molar-refractivity contribution in [3.05, 3.63) is 58.1 Å². The first-order valence-electron chi connectivity index (χ1n) is 5.83. The molecule has 0 radical (unpaired) electrons. The normalized spacial score (nSPS) is 11.0. The number of aryl methyl sites for hydroxylation is 2. The number of hydrogen-bond donors (Lipinski definition) is 1. The summed E-state index contributed by atoms with van der Waals surface area (Å²) in [5, 5.41) is 1.07. The third-order valence-electron chi connectivity index (χ3n) is 3.18. The van der Waals surface area contributed by atoms with E-state index in [1.807, 2.05) is 32.0 Å². The van der Waals surface area contributed by atoms with E-state index in [-0.39, 0.29) is 5.56 Å². The van der Waals surface area contributed by atoms with Gasteiger partial charge in [-0.3, -0.25) is 4.79 Å². The van der Waals surface area contributed by atoms with Gasteiger partial charge in [-0.1, -0.05) is 0 Å². The Kier molecular flexibility index (Phi) is 2.33. The minimum Gasteiger partial charge on any atom is -0.464 e.